The molecule has 0 fully saturated rings. The summed E-state index contributed by atoms with van der Waals surface area (Å²) in [4.78, 5) is 14.7. The summed E-state index contributed by atoms with van der Waals surface area (Å²) in [5.74, 6) is -0.346. The summed E-state index contributed by atoms with van der Waals surface area (Å²) >= 11 is 0. The number of carbonyl (C=O) groups excluding carboxylic acids is 1. The molecule has 1 aromatic heterocycles. The van der Waals surface area contributed by atoms with Gasteiger partial charge in [0.2, 0.25) is 5.91 Å². The lowest BCUT2D eigenvalue weighted by atomic mass is 9.96. The molecule has 1 aromatic carbocycles. The molecule has 2 aromatic rings. The monoisotopic (exact) mass is 256 g/mol. The van der Waals surface area contributed by atoms with Crippen LogP contribution in [0.1, 0.15) is 35.7 Å². The van der Waals surface area contributed by atoms with E-state index in [1.807, 2.05) is 6.92 Å². The Morgan fingerprint density at radius 3 is 2.74 bits per heavy atom. The summed E-state index contributed by atoms with van der Waals surface area (Å²) in [5, 5.41) is 1.27. The zero-order valence-corrected chi connectivity index (χ0v) is 11.5. The van der Waals surface area contributed by atoms with Crippen LogP contribution in [0.2, 0.25) is 0 Å². The first kappa shape index (κ1) is 12.3. The SMILES string of the molecule is Cc1[nH]c2cc3c(cc2c1CC(C)C(N)=O)CCC3. The van der Waals surface area contributed by atoms with Gasteiger partial charge in [-0.1, -0.05) is 6.92 Å². The van der Waals surface area contributed by atoms with Crippen LogP contribution in [0, 0.1) is 12.8 Å². The summed E-state index contributed by atoms with van der Waals surface area (Å²) in [5.41, 5.74) is 11.9. The molecule has 100 valence electrons. The molecular formula is C16H20N2O. The van der Waals surface area contributed by atoms with Crippen LogP contribution in [0.25, 0.3) is 10.9 Å². The summed E-state index contributed by atoms with van der Waals surface area (Å²) < 4.78 is 0. The highest BCUT2D eigenvalue weighted by molar-refractivity contribution is 5.87. The van der Waals surface area contributed by atoms with E-state index in [1.54, 1.807) is 0 Å². The molecular weight excluding hydrogens is 236 g/mol. The van der Waals surface area contributed by atoms with Crippen LogP contribution in [0.4, 0.5) is 0 Å². The molecule has 1 aliphatic carbocycles. The van der Waals surface area contributed by atoms with Crippen molar-refractivity contribution in [1.82, 2.24) is 4.98 Å². The third kappa shape index (κ3) is 2.03. The number of nitrogens with two attached hydrogens (primary N) is 1. The number of aromatic amines is 1. The van der Waals surface area contributed by atoms with Crippen molar-refractivity contribution in [2.24, 2.45) is 11.7 Å². The minimum atomic E-state index is -0.227. The number of carbonyl (C=O) groups is 1. The number of benzene rings is 1. The smallest absolute Gasteiger partial charge is 0.220 e. The third-order valence-electron chi connectivity index (χ3n) is 4.33. The highest BCUT2D eigenvalue weighted by atomic mass is 16.1. The largest absolute Gasteiger partial charge is 0.369 e. The number of fused-ring (bicyclic) bond motifs is 2. The fourth-order valence-electron chi connectivity index (χ4n) is 3.13. The van der Waals surface area contributed by atoms with Gasteiger partial charge in [-0.3, -0.25) is 4.79 Å². The quantitative estimate of drug-likeness (QED) is 0.871. The van der Waals surface area contributed by atoms with Crippen molar-refractivity contribution >= 4 is 16.8 Å². The topological polar surface area (TPSA) is 58.9 Å². The van der Waals surface area contributed by atoms with E-state index in [4.69, 9.17) is 5.73 Å². The van der Waals surface area contributed by atoms with Crippen LogP contribution >= 0.6 is 0 Å². The van der Waals surface area contributed by atoms with Crippen LogP contribution in [-0.2, 0) is 24.1 Å². The van der Waals surface area contributed by atoms with Gasteiger partial charge in [0, 0.05) is 22.5 Å². The van der Waals surface area contributed by atoms with Gasteiger partial charge in [-0.2, -0.15) is 0 Å². The number of amides is 1. The Balaban J connectivity index is 2.08. The number of nitrogens with one attached hydrogen (secondary N) is 1. The Morgan fingerprint density at radius 2 is 2.05 bits per heavy atom. The molecule has 0 aliphatic heterocycles. The van der Waals surface area contributed by atoms with Crippen molar-refractivity contribution in [3.8, 4) is 0 Å². The third-order valence-corrected chi connectivity index (χ3v) is 4.33. The molecule has 0 bridgehead atoms. The van der Waals surface area contributed by atoms with Gasteiger partial charge in [0.15, 0.2) is 0 Å². The molecule has 3 nitrogen and oxygen atoms in total. The molecule has 19 heavy (non-hydrogen) atoms. The van der Waals surface area contributed by atoms with Crippen molar-refractivity contribution in [1.29, 1.82) is 0 Å². The lowest BCUT2D eigenvalue weighted by molar-refractivity contribution is -0.121. The van der Waals surface area contributed by atoms with Crippen LogP contribution in [0.15, 0.2) is 12.1 Å². The molecule has 3 rings (SSSR count). The van der Waals surface area contributed by atoms with E-state index in [2.05, 4.69) is 24.0 Å². The number of aromatic nitrogens is 1. The van der Waals surface area contributed by atoms with Gasteiger partial charge >= 0.3 is 0 Å². The number of hydrogen-bond acceptors (Lipinski definition) is 1. The predicted molar refractivity (Wildman–Crippen MR) is 77.1 cm³/mol. The van der Waals surface area contributed by atoms with E-state index in [0.29, 0.717) is 0 Å². The number of H-pyrrole nitrogens is 1. The van der Waals surface area contributed by atoms with E-state index < -0.39 is 0 Å². The first-order valence-electron chi connectivity index (χ1n) is 6.98. The van der Waals surface area contributed by atoms with Crippen molar-refractivity contribution in [2.45, 2.75) is 39.5 Å². The van der Waals surface area contributed by atoms with Gasteiger partial charge in [-0.15, -0.1) is 0 Å². The second-order valence-electron chi connectivity index (χ2n) is 5.76. The predicted octanol–water partition coefficient (Wildman–Crippen LogP) is 2.63. The second kappa shape index (κ2) is 4.41. The van der Waals surface area contributed by atoms with E-state index in [0.717, 1.165) is 12.1 Å². The summed E-state index contributed by atoms with van der Waals surface area (Å²) in [7, 11) is 0. The minimum absolute atomic E-state index is 0.119. The van der Waals surface area contributed by atoms with Crippen LogP contribution < -0.4 is 5.73 Å². The van der Waals surface area contributed by atoms with Crippen molar-refractivity contribution < 1.29 is 4.79 Å². The molecule has 1 heterocycles. The number of primary amides is 1. The Bertz CT molecular complexity index is 654. The molecule has 0 saturated heterocycles. The van der Waals surface area contributed by atoms with Gasteiger partial charge in [-0.05, 0) is 61.4 Å². The molecule has 1 unspecified atom stereocenters. The zero-order valence-electron chi connectivity index (χ0n) is 11.5. The fourth-order valence-corrected chi connectivity index (χ4v) is 3.13. The van der Waals surface area contributed by atoms with E-state index in [1.165, 1.54) is 46.9 Å². The lowest BCUT2D eigenvalue weighted by Gasteiger charge is -2.08. The first-order chi connectivity index (χ1) is 9.06. The Morgan fingerprint density at radius 1 is 1.37 bits per heavy atom. The van der Waals surface area contributed by atoms with Crippen molar-refractivity contribution in [2.75, 3.05) is 0 Å². The van der Waals surface area contributed by atoms with Crippen molar-refractivity contribution in [3.63, 3.8) is 0 Å². The number of rotatable bonds is 3. The Labute approximate surface area is 113 Å². The molecule has 1 amide bonds. The highest BCUT2D eigenvalue weighted by Crippen LogP contribution is 2.31. The standard InChI is InChI=1S/C16H20N2O/c1-9(16(17)19)6-13-10(2)18-15-8-12-5-3-4-11(12)7-14(13)15/h7-9,18H,3-6H2,1-2H3,(H2,17,19). The average molecular weight is 256 g/mol. The summed E-state index contributed by atoms with van der Waals surface area (Å²) in [6.45, 7) is 3.97. The maximum Gasteiger partial charge on any atom is 0.220 e. The van der Waals surface area contributed by atoms with Crippen LogP contribution in [0.3, 0.4) is 0 Å². The average Bonchev–Trinajstić information content (AvgIpc) is 2.91. The Hall–Kier alpha value is -1.77. The van der Waals surface area contributed by atoms with Crippen molar-refractivity contribution in [3.05, 3.63) is 34.5 Å². The normalized spacial score (nSPS) is 15.7. The van der Waals surface area contributed by atoms with E-state index in [9.17, 15) is 4.79 Å². The van der Waals surface area contributed by atoms with Crippen LogP contribution in [0.5, 0.6) is 0 Å². The lowest BCUT2D eigenvalue weighted by Crippen LogP contribution is -2.22. The molecule has 1 atom stereocenters. The Kier molecular flexibility index (Phi) is 2.85. The fraction of sp³-hybridized carbons (Fsp3) is 0.438. The number of aryl methyl sites for hydroxylation is 3. The van der Waals surface area contributed by atoms with Gasteiger partial charge in [0.25, 0.3) is 0 Å². The summed E-state index contributed by atoms with van der Waals surface area (Å²) in [6, 6.07) is 4.59. The number of hydrogen-bond donors (Lipinski definition) is 2. The van der Waals surface area contributed by atoms with Gasteiger partial charge in [0.05, 0.1) is 0 Å². The van der Waals surface area contributed by atoms with E-state index in [-0.39, 0.29) is 11.8 Å². The second-order valence-corrected chi connectivity index (χ2v) is 5.76. The van der Waals surface area contributed by atoms with Crippen LogP contribution in [-0.4, -0.2) is 10.9 Å². The minimum Gasteiger partial charge on any atom is -0.369 e. The highest BCUT2D eigenvalue weighted by Gasteiger charge is 2.18. The molecule has 1 aliphatic rings. The molecule has 0 saturated carbocycles. The maximum absolute atomic E-state index is 11.3. The van der Waals surface area contributed by atoms with E-state index >= 15 is 0 Å². The maximum atomic E-state index is 11.3. The van der Waals surface area contributed by atoms with Gasteiger partial charge in [0.1, 0.15) is 0 Å². The zero-order chi connectivity index (χ0) is 13.6. The molecule has 3 heteroatoms. The summed E-state index contributed by atoms with van der Waals surface area (Å²) in [6.07, 6.45) is 4.35. The van der Waals surface area contributed by atoms with Gasteiger partial charge < -0.3 is 10.7 Å². The van der Waals surface area contributed by atoms with Gasteiger partial charge in [-0.25, -0.2) is 0 Å². The molecule has 0 radical (unpaired) electrons. The molecule has 3 N–H and O–H groups in total. The molecule has 0 spiro atoms. The first-order valence-corrected chi connectivity index (χ1v) is 6.98.